The molecule has 1 aromatic heterocycles. The Kier molecular flexibility index (Phi) is 3.44. The number of hydrogen-bond acceptors (Lipinski definition) is 3. The summed E-state index contributed by atoms with van der Waals surface area (Å²) in [5, 5.41) is 1.13. The SMILES string of the molecule is COc1ccc(OCc2cn(C)c3ccc(N)cc23)cc1. The van der Waals surface area contributed by atoms with Crippen LogP contribution in [-0.2, 0) is 13.7 Å². The average Bonchev–Trinajstić information content (AvgIpc) is 2.81. The topological polar surface area (TPSA) is 49.4 Å². The number of benzene rings is 2. The molecule has 0 spiro atoms. The van der Waals surface area contributed by atoms with Crippen LogP contribution in [0.1, 0.15) is 5.56 Å². The maximum absolute atomic E-state index is 5.88. The van der Waals surface area contributed by atoms with Gasteiger partial charge in [-0.1, -0.05) is 0 Å². The molecular formula is C17H18N2O2. The molecule has 4 nitrogen and oxygen atoms in total. The lowest BCUT2D eigenvalue weighted by molar-refractivity contribution is 0.306. The smallest absolute Gasteiger partial charge is 0.120 e. The van der Waals surface area contributed by atoms with Crippen LogP contribution in [0.2, 0.25) is 0 Å². The largest absolute Gasteiger partial charge is 0.497 e. The minimum Gasteiger partial charge on any atom is -0.497 e. The van der Waals surface area contributed by atoms with E-state index in [0.717, 1.165) is 33.7 Å². The van der Waals surface area contributed by atoms with Crippen molar-refractivity contribution in [3.05, 3.63) is 54.2 Å². The molecular weight excluding hydrogens is 264 g/mol. The standard InChI is InChI=1S/C17H18N2O2/c1-19-10-12(16-9-13(18)3-8-17(16)19)11-21-15-6-4-14(20-2)5-7-15/h3-10H,11,18H2,1-2H3. The Morgan fingerprint density at radius 3 is 2.48 bits per heavy atom. The molecule has 0 radical (unpaired) electrons. The van der Waals surface area contributed by atoms with E-state index >= 15 is 0 Å². The monoisotopic (exact) mass is 282 g/mol. The van der Waals surface area contributed by atoms with Gasteiger partial charge in [-0.3, -0.25) is 0 Å². The summed E-state index contributed by atoms with van der Waals surface area (Å²) >= 11 is 0. The highest BCUT2D eigenvalue weighted by Crippen LogP contribution is 2.25. The van der Waals surface area contributed by atoms with Crippen molar-refractivity contribution in [2.24, 2.45) is 7.05 Å². The van der Waals surface area contributed by atoms with Gasteiger partial charge in [-0.25, -0.2) is 0 Å². The number of nitrogens with zero attached hydrogens (tertiary/aromatic N) is 1. The van der Waals surface area contributed by atoms with Gasteiger partial charge in [-0.2, -0.15) is 0 Å². The van der Waals surface area contributed by atoms with Crippen molar-refractivity contribution >= 4 is 16.6 Å². The summed E-state index contributed by atoms with van der Waals surface area (Å²) in [7, 11) is 3.67. The first kappa shape index (κ1) is 13.4. The Morgan fingerprint density at radius 2 is 1.76 bits per heavy atom. The van der Waals surface area contributed by atoms with Crippen LogP contribution in [-0.4, -0.2) is 11.7 Å². The second kappa shape index (κ2) is 5.40. The second-order valence-electron chi connectivity index (χ2n) is 5.01. The van der Waals surface area contributed by atoms with Crippen molar-refractivity contribution < 1.29 is 9.47 Å². The third-order valence-electron chi connectivity index (χ3n) is 3.55. The Hall–Kier alpha value is -2.62. The molecule has 3 rings (SSSR count). The Morgan fingerprint density at radius 1 is 1.05 bits per heavy atom. The number of hydrogen-bond donors (Lipinski definition) is 1. The molecule has 0 aliphatic heterocycles. The number of fused-ring (bicyclic) bond motifs is 1. The highest BCUT2D eigenvalue weighted by atomic mass is 16.5. The highest BCUT2D eigenvalue weighted by Gasteiger charge is 2.07. The summed E-state index contributed by atoms with van der Waals surface area (Å²) in [6, 6.07) is 13.5. The molecule has 2 N–H and O–H groups in total. The average molecular weight is 282 g/mol. The van der Waals surface area contributed by atoms with E-state index in [1.807, 2.05) is 49.5 Å². The van der Waals surface area contributed by atoms with Crippen molar-refractivity contribution in [3.63, 3.8) is 0 Å². The van der Waals surface area contributed by atoms with Crippen LogP contribution in [0.5, 0.6) is 11.5 Å². The first-order valence-corrected chi connectivity index (χ1v) is 6.77. The lowest BCUT2D eigenvalue weighted by Gasteiger charge is -2.06. The molecule has 0 aliphatic carbocycles. The minimum absolute atomic E-state index is 0.507. The lowest BCUT2D eigenvalue weighted by Crippen LogP contribution is -1.95. The Balaban J connectivity index is 1.82. The number of methoxy groups -OCH3 is 1. The molecule has 0 fully saturated rings. The first-order valence-electron chi connectivity index (χ1n) is 6.77. The van der Waals surface area contributed by atoms with E-state index in [9.17, 15) is 0 Å². The summed E-state index contributed by atoms with van der Waals surface area (Å²) < 4.78 is 13.1. The number of nitrogen functional groups attached to an aromatic ring is 1. The molecule has 1 heterocycles. The minimum atomic E-state index is 0.507. The summed E-state index contributed by atoms with van der Waals surface area (Å²) in [6.07, 6.45) is 2.08. The number of nitrogens with two attached hydrogens (primary N) is 1. The van der Waals surface area contributed by atoms with Crippen LogP contribution >= 0.6 is 0 Å². The predicted octanol–water partition coefficient (Wildman–Crippen LogP) is 3.35. The fourth-order valence-electron chi connectivity index (χ4n) is 2.44. The quantitative estimate of drug-likeness (QED) is 0.747. The molecule has 0 bridgehead atoms. The van der Waals surface area contributed by atoms with Gasteiger partial charge in [0.25, 0.3) is 0 Å². The molecule has 0 unspecified atom stereocenters. The van der Waals surface area contributed by atoms with Gasteiger partial charge in [0, 0.05) is 35.4 Å². The van der Waals surface area contributed by atoms with Crippen LogP contribution in [0.4, 0.5) is 5.69 Å². The molecule has 0 atom stereocenters. The number of aromatic nitrogens is 1. The van der Waals surface area contributed by atoms with Gasteiger partial charge in [0.05, 0.1) is 7.11 Å². The molecule has 0 saturated heterocycles. The molecule has 0 aliphatic rings. The second-order valence-corrected chi connectivity index (χ2v) is 5.01. The van der Waals surface area contributed by atoms with Crippen molar-refractivity contribution in [2.45, 2.75) is 6.61 Å². The molecule has 3 aromatic rings. The summed E-state index contributed by atoms with van der Waals surface area (Å²) in [5.41, 5.74) is 8.91. The number of rotatable bonds is 4. The van der Waals surface area contributed by atoms with Crippen LogP contribution in [0.15, 0.2) is 48.7 Å². The molecule has 0 amide bonds. The summed E-state index contributed by atoms with van der Waals surface area (Å²) in [5.74, 6) is 1.64. The molecule has 21 heavy (non-hydrogen) atoms. The van der Waals surface area contributed by atoms with Gasteiger partial charge in [0.15, 0.2) is 0 Å². The predicted molar refractivity (Wildman–Crippen MR) is 84.7 cm³/mol. The number of ether oxygens (including phenoxy) is 2. The maximum atomic E-state index is 5.88. The summed E-state index contributed by atoms with van der Waals surface area (Å²) in [6.45, 7) is 0.507. The van der Waals surface area contributed by atoms with E-state index in [-0.39, 0.29) is 0 Å². The van der Waals surface area contributed by atoms with E-state index in [0.29, 0.717) is 6.61 Å². The van der Waals surface area contributed by atoms with Crippen molar-refractivity contribution in [2.75, 3.05) is 12.8 Å². The van der Waals surface area contributed by atoms with Crippen molar-refractivity contribution in [3.8, 4) is 11.5 Å². The zero-order chi connectivity index (χ0) is 14.8. The Labute approximate surface area is 123 Å². The van der Waals surface area contributed by atoms with Crippen LogP contribution in [0, 0.1) is 0 Å². The fourth-order valence-corrected chi connectivity index (χ4v) is 2.44. The van der Waals surface area contributed by atoms with E-state index in [1.54, 1.807) is 7.11 Å². The summed E-state index contributed by atoms with van der Waals surface area (Å²) in [4.78, 5) is 0. The fraction of sp³-hybridized carbons (Fsp3) is 0.176. The third kappa shape index (κ3) is 2.65. The van der Waals surface area contributed by atoms with Gasteiger partial charge in [-0.05, 0) is 42.5 Å². The zero-order valence-corrected chi connectivity index (χ0v) is 12.2. The third-order valence-corrected chi connectivity index (χ3v) is 3.55. The normalized spacial score (nSPS) is 10.8. The van der Waals surface area contributed by atoms with Gasteiger partial charge in [0.1, 0.15) is 18.1 Å². The van der Waals surface area contributed by atoms with E-state index in [2.05, 4.69) is 10.8 Å². The number of anilines is 1. The van der Waals surface area contributed by atoms with Crippen molar-refractivity contribution in [1.82, 2.24) is 4.57 Å². The maximum Gasteiger partial charge on any atom is 0.120 e. The Bertz CT molecular complexity index is 760. The van der Waals surface area contributed by atoms with E-state index < -0.39 is 0 Å². The first-order chi connectivity index (χ1) is 10.2. The van der Waals surface area contributed by atoms with Crippen LogP contribution in [0.3, 0.4) is 0 Å². The van der Waals surface area contributed by atoms with Gasteiger partial charge in [0.2, 0.25) is 0 Å². The van der Waals surface area contributed by atoms with Crippen LogP contribution < -0.4 is 15.2 Å². The van der Waals surface area contributed by atoms with E-state index in [4.69, 9.17) is 15.2 Å². The molecule has 4 heteroatoms. The van der Waals surface area contributed by atoms with Gasteiger partial charge >= 0.3 is 0 Å². The van der Waals surface area contributed by atoms with Crippen molar-refractivity contribution in [1.29, 1.82) is 0 Å². The zero-order valence-electron chi connectivity index (χ0n) is 12.2. The molecule has 0 saturated carbocycles. The van der Waals surface area contributed by atoms with Gasteiger partial charge in [-0.15, -0.1) is 0 Å². The molecule has 108 valence electrons. The van der Waals surface area contributed by atoms with E-state index in [1.165, 1.54) is 0 Å². The molecule has 2 aromatic carbocycles. The highest BCUT2D eigenvalue weighted by molar-refractivity contribution is 5.86. The number of aryl methyl sites for hydroxylation is 1. The van der Waals surface area contributed by atoms with Crippen LogP contribution in [0.25, 0.3) is 10.9 Å². The van der Waals surface area contributed by atoms with Gasteiger partial charge < -0.3 is 19.8 Å². The lowest BCUT2D eigenvalue weighted by atomic mass is 10.1.